The predicted octanol–water partition coefficient (Wildman–Crippen LogP) is 4.58. The quantitative estimate of drug-likeness (QED) is 0.428. The molecule has 160 valence electrons. The molecule has 0 saturated heterocycles. The maximum atomic E-state index is 12.6. The first-order valence-corrected chi connectivity index (χ1v) is 10.3. The number of carbonyl (C=O) groups excluding carboxylic acids is 3. The Kier molecular flexibility index (Phi) is 7.13. The van der Waals surface area contributed by atoms with Crippen molar-refractivity contribution in [3.05, 3.63) is 71.9 Å². The smallest absolute Gasteiger partial charge is 0.306 e. The lowest BCUT2D eigenvalue weighted by Crippen LogP contribution is -2.24. The molecule has 3 rings (SSSR count). The fourth-order valence-corrected chi connectivity index (χ4v) is 3.03. The van der Waals surface area contributed by atoms with E-state index in [1.165, 1.54) is 0 Å². The lowest BCUT2D eigenvalue weighted by molar-refractivity contribution is -0.146. The molecule has 1 aromatic heterocycles. The lowest BCUT2D eigenvalue weighted by Gasteiger charge is -2.13. The van der Waals surface area contributed by atoms with Crippen LogP contribution in [0.1, 0.15) is 43.2 Å². The second-order valence-corrected chi connectivity index (χ2v) is 7.71. The molecule has 0 aliphatic rings. The van der Waals surface area contributed by atoms with Gasteiger partial charge in [0.2, 0.25) is 11.7 Å². The van der Waals surface area contributed by atoms with Gasteiger partial charge >= 0.3 is 5.97 Å². The van der Waals surface area contributed by atoms with Gasteiger partial charge < -0.3 is 10.1 Å². The number of nitrogens with one attached hydrogen (secondary N) is 1. The number of fused-ring (bicyclic) bond motifs is 1. The molecule has 0 saturated carbocycles. The first-order valence-electron chi connectivity index (χ1n) is 10.3. The number of nitrogens with zero attached hydrogens (tertiary/aromatic N) is 1. The van der Waals surface area contributed by atoms with Crippen LogP contribution in [0.25, 0.3) is 10.9 Å². The van der Waals surface area contributed by atoms with Crippen molar-refractivity contribution >= 4 is 34.3 Å². The average molecular weight is 418 g/mol. The molecule has 0 aliphatic heterocycles. The van der Waals surface area contributed by atoms with Gasteiger partial charge in [-0.1, -0.05) is 38.1 Å². The van der Waals surface area contributed by atoms with Gasteiger partial charge in [-0.25, -0.2) is 0 Å². The second kappa shape index (κ2) is 9.98. The van der Waals surface area contributed by atoms with Gasteiger partial charge in [0.1, 0.15) is 0 Å². The van der Waals surface area contributed by atoms with Gasteiger partial charge in [-0.15, -0.1) is 0 Å². The maximum Gasteiger partial charge on any atom is 0.306 e. The van der Waals surface area contributed by atoms with Crippen molar-refractivity contribution in [3.63, 3.8) is 0 Å². The van der Waals surface area contributed by atoms with Crippen molar-refractivity contribution in [1.29, 1.82) is 0 Å². The lowest BCUT2D eigenvalue weighted by atomic mass is 10.1. The fourth-order valence-electron chi connectivity index (χ4n) is 3.03. The van der Waals surface area contributed by atoms with Crippen LogP contribution in [0.2, 0.25) is 0 Å². The summed E-state index contributed by atoms with van der Waals surface area (Å²) in [5.74, 6) is -0.969. The molecule has 6 heteroatoms. The number of benzene rings is 2. The molecule has 0 bridgehead atoms. The summed E-state index contributed by atoms with van der Waals surface area (Å²) < 4.78 is 5.32. The highest BCUT2D eigenvalue weighted by atomic mass is 16.5. The molecule has 1 heterocycles. The van der Waals surface area contributed by atoms with Crippen molar-refractivity contribution in [3.8, 4) is 0 Å². The summed E-state index contributed by atoms with van der Waals surface area (Å²) >= 11 is 0. The molecule has 0 radical (unpaired) electrons. The molecule has 0 aliphatic carbocycles. The Labute approximate surface area is 181 Å². The van der Waals surface area contributed by atoms with E-state index in [2.05, 4.69) is 10.3 Å². The Morgan fingerprint density at radius 2 is 1.65 bits per heavy atom. The topological polar surface area (TPSA) is 85.4 Å². The monoisotopic (exact) mass is 418 g/mol. The highest BCUT2D eigenvalue weighted by Crippen LogP contribution is 2.15. The Hall–Kier alpha value is -3.54. The summed E-state index contributed by atoms with van der Waals surface area (Å²) in [5.41, 5.74) is 2.71. The number of Topliss-reactive ketones (excluding diaryl/α,β-unsaturated/α-hetero) is 1. The normalized spacial score (nSPS) is 11.9. The minimum absolute atomic E-state index is 0.0951. The minimum atomic E-state index is -0.895. The predicted molar refractivity (Wildman–Crippen MR) is 120 cm³/mol. The van der Waals surface area contributed by atoms with Crippen LogP contribution in [-0.2, 0) is 20.7 Å². The molecule has 3 aromatic rings. The van der Waals surface area contributed by atoms with E-state index in [-0.39, 0.29) is 24.0 Å². The molecule has 1 atom stereocenters. The molecule has 1 N–H and O–H groups in total. The Balaban J connectivity index is 1.52. The number of hydrogen-bond donors (Lipinski definition) is 1. The zero-order chi connectivity index (χ0) is 22.4. The Morgan fingerprint density at radius 3 is 2.35 bits per heavy atom. The summed E-state index contributed by atoms with van der Waals surface area (Å²) in [4.78, 5) is 41.1. The number of rotatable bonds is 8. The number of aryl methyl sites for hydroxylation is 1. The first-order chi connectivity index (χ1) is 14.8. The minimum Gasteiger partial charge on any atom is -0.454 e. The van der Waals surface area contributed by atoms with E-state index in [4.69, 9.17) is 4.74 Å². The fraction of sp³-hybridized carbons (Fsp3) is 0.280. The Bertz CT molecular complexity index is 1090. The zero-order valence-corrected chi connectivity index (χ0v) is 17.9. The van der Waals surface area contributed by atoms with E-state index in [0.29, 0.717) is 17.7 Å². The number of ether oxygens (including phenoxy) is 1. The van der Waals surface area contributed by atoms with Gasteiger partial charge in [0.05, 0.1) is 11.9 Å². The van der Waals surface area contributed by atoms with Crippen LogP contribution < -0.4 is 5.32 Å². The third-order valence-corrected chi connectivity index (χ3v) is 4.88. The standard InChI is InChI=1S/C25H26N2O4/c1-16(2)25(30)27-21-12-9-19(10-13-21)24(29)17(3)31-23(28)15-14-20-11-8-18-6-4-5-7-22(18)26-20/h4-13,16-17H,14-15H2,1-3H3,(H,27,30). The largest absolute Gasteiger partial charge is 0.454 e. The molecule has 0 fully saturated rings. The van der Waals surface area contributed by atoms with Crippen molar-refractivity contribution in [1.82, 2.24) is 4.98 Å². The summed E-state index contributed by atoms with van der Waals surface area (Å²) in [6.45, 7) is 5.17. The number of amides is 1. The third-order valence-electron chi connectivity index (χ3n) is 4.88. The molecule has 1 unspecified atom stereocenters. The molecule has 0 spiro atoms. The Morgan fingerprint density at radius 1 is 0.935 bits per heavy atom. The molecule has 6 nitrogen and oxygen atoms in total. The van der Waals surface area contributed by atoms with Crippen LogP contribution in [0.5, 0.6) is 0 Å². The number of hydrogen-bond acceptors (Lipinski definition) is 5. The number of pyridine rings is 1. The van der Waals surface area contributed by atoms with Gasteiger partial charge in [-0.3, -0.25) is 19.4 Å². The van der Waals surface area contributed by atoms with E-state index in [1.807, 2.05) is 36.4 Å². The van der Waals surface area contributed by atoms with Crippen molar-refractivity contribution in [2.45, 2.75) is 39.7 Å². The van der Waals surface area contributed by atoms with E-state index in [9.17, 15) is 14.4 Å². The van der Waals surface area contributed by atoms with Gasteiger partial charge in [-0.2, -0.15) is 0 Å². The number of esters is 1. The van der Waals surface area contributed by atoms with Crippen molar-refractivity contribution in [2.24, 2.45) is 5.92 Å². The van der Waals surface area contributed by atoms with E-state index in [1.54, 1.807) is 45.0 Å². The van der Waals surface area contributed by atoms with Gasteiger partial charge in [0.25, 0.3) is 0 Å². The molecule has 1 amide bonds. The summed E-state index contributed by atoms with van der Waals surface area (Å²) in [6, 6.07) is 18.2. The number of carbonyl (C=O) groups is 3. The average Bonchev–Trinajstić information content (AvgIpc) is 2.77. The van der Waals surface area contributed by atoms with Gasteiger partial charge in [0.15, 0.2) is 6.10 Å². The first kappa shape index (κ1) is 22.2. The van der Waals surface area contributed by atoms with Gasteiger partial charge in [-0.05, 0) is 43.3 Å². The summed E-state index contributed by atoms with van der Waals surface area (Å²) in [7, 11) is 0. The molecular formula is C25H26N2O4. The van der Waals surface area contributed by atoms with Crippen LogP contribution in [0.15, 0.2) is 60.7 Å². The highest BCUT2D eigenvalue weighted by Gasteiger charge is 2.20. The zero-order valence-electron chi connectivity index (χ0n) is 17.9. The van der Waals surface area contributed by atoms with Crippen LogP contribution in [0, 0.1) is 5.92 Å². The van der Waals surface area contributed by atoms with Crippen LogP contribution in [-0.4, -0.2) is 28.7 Å². The molecular weight excluding hydrogens is 392 g/mol. The SMILES string of the molecule is CC(C)C(=O)Nc1ccc(C(=O)C(C)OC(=O)CCc2ccc3ccccc3n2)cc1. The molecule has 31 heavy (non-hydrogen) atoms. The van der Waals surface area contributed by atoms with Crippen molar-refractivity contribution < 1.29 is 19.1 Å². The van der Waals surface area contributed by atoms with E-state index >= 15 is 0 Å². The van der Waals surface area contributed by atoms with E-state index in [0.717, 1.165) is 16.6 Å². The van der Waals surface area contributed by atoms with Crippen molar-refractivity contribution in [2.75, 3.05) is 5.32 Å². The third kappa shape index (κ3) is 5.98. The number of anilines is 1. The second-order valence-electron chi connectivity index (χ2n) is 7.71. The van der Waals surface area contributed by atoms with E-state index < -0.39 is 12.1 Å². The number of ketones is 1. The highest BCUT2D eigenvalue weighted by molar-refractivity contribution is 6.01. The number of aromatic nitrogens is 1. The van der Waals surface area contributed by atoms with Crippen LogP contribution in [0.3, 0.4) is 0 Å². The van der Waals surface area contributed by atoms with Crippen LogP contribution >= 0.6 is 0 Å². The molecule has 2 aromatic carbocycles. The summed E-state index contributed by atoms with van der Waals surface area (Å²) in [6.07, 6.45) is -0.314. The maximum absolute atomic E-state index is 12.6. The number of para-hydroxylation sites is 1. The summed E-state index contributed by atoms with van der Waals surface area (Å²) in [5, 5.41) is 3.82. The van der Waals surface area contributed by atoms with Gasteiger partial charge in [0, 0.05) is 34.7 Å². The van der Waals surface area contributed by atoms with Crippen LogP contribution in [0.4, 0.5) is 5.69 Å².